The van der Waals surface area contributed by atoms with E-state index in [9.17, 15) is 4.79 Å². The Balaban J connectivity index is 2.61. The first-order valence-electron chi connectivity index (χ1n) is 5.00. The van der Waals surface area contributed by atoms with Gasteiger partial charge < -0.3 is 10.7 Å². The highest BCUT2D eigenvalue weighted by Gasteiger charge is 2.16. The summed E-state index contributed by atoms with van der Waals surface area (Å²) < 4.78 is 0. The summed E-state index contributed by atoms with van der Waals surface area (Å²) in [6.45, 7) is 3.35. The van der Waals surface area contributed by atoms with E-state index < -0.39 is 0 Å². The fourth-order valence-corrected chi connectivity index (χ4v) is 1.84. The number of nitrogens with one attached hydrogen (secondary N) is 1. The molecule has 2 aromatic rings. The van der Waals surface area contributed by atoms with E-state index in [1.54, 1.807) is 12.4 Å². The second kappa shape index (κ2) is 3.81. The van der Waals surface area contributed by atoms with Crippen LogP contribution in [0, 0.1) is 6.92 Å². The van der Waals surface area contributed by atoms with Crippen LogP contribution in [-0.4, -0.2) is 15.8 Å². The van der Waals surface area contributed by atoms with Gasteiger partial charge in [-0.25, -0.2) is 0 Å². The van der Waals surface area contributed by atoms with Crippen molar-refractivity contribution in [2.45, 2.75) is 13.8 Å². The molecular weight excluding hydrogens is 202 g/mol. The zero-order chi connectivity index (χ0) is 11.7. The molecule has 3 N–H and O–H groups in total. The van der Waals surface area contributed by atoms with E-state index in [4.69, 9.17) is 5.73 Å². The quantitative estimate of drug-likeness (QED) is 0.754. The van der Waals surface area contributed by atoms with Gasteiger partial charge in [0.05, 0.1) is 16.9 Å². The molecule has 2 heterocycles. The molecule has 0 aliphatic carbocycles. The van der Waals surface area contributed by atoms with Gasteiger partial charge in [-0.1, -0.05) is 0 Å². The van der Waals surface area contributed by atoms with Crippen molar-refractivity contribution in [2.75, 3.05) is 5.73 Å². The van der Waals surface area contributed by atoms with E-state index in [-0.39, 0.29) is 5.78 Å². The number of nitrogens with zero attached hydrogens (tertiary/aromatic N) is 1. The lowest BCUT2D eigenvalue weighted by Crippen LogP contribution is -1.98. The molecule has 0 aromatic carbocycles. The third-order valence-electron chi connectivity index (χ3n) is 2.53. The molecule has 0 amide bonds. The van der Waals surface area contributed by atoms with Crippen molar-refractivity contribution >= 4 is 11.5 Å². The summed E-state index contributed by atoms with van der Waals surface area (Å²) in [5.41, 5.74) is 9.46. The number of aromatic amines is 1. The summed E-state index contributed by atoms with van der Waals surface area (Å²) in [6.07, 6.45) is 3.41. The number of anilines is 1. The fraction of sp³-hybridized carbons (Fsp3) is 0.167. The van der Waals surface area contributed by atoms with Gasteiger partial charge in [-0.2, -0.15) is 0 Å². The molecule has 4 nitrogen and oxygen atoms in total. The molecule has 0 atom stereocenters. The minimum Gasteiger partial charge on any atom is -0.396 e. The van der Waals surface area contributed by atoms with Crippen LogP contribution in [0.3, 0.4) is 0 Å². The highest BCUT2D eigenvalue weighted by Crippen LogP contribution is 2.29. The van der Waals surface area contributed by atoms with E-state index in [0.29, 0.717) is 11.3 Å². The number of Topliss-reactive ketones (excluding diaryl/α,β-unsaturated/α-hetero) is 1. The Hall–Kier alpha value is -2.10. The molecule has 0 unspecified atom stereocenters. The molecule has 0 saturated heterocycles. The lowest BCUT2D eigenvalue weighted by atomic mass is 10.1. The van der Waals surface area contributed by atoms with Gasteiger partial charge >= 0.3 is 0 Å². The number of aromatic nitrogens is 2. The third kappa shape index (κ3) is 1.58. The van der Waals surface area contributed by atoms with E-state index in [0.717, 1.165) is 17.0 Å². The maximum absolute atomic E-state index is 11.4. The average molecular weight is 215 g/mol. The van der Waals surface area contributed by atoms with Crippen LogP contribution in [-0.2, 0) is 0 Å². The molecule has 0 saturated carbocycles. The Bertz CT molecular complexity index is 529. The largest absolute Gasteiger partial charge is 0.396 e. The fourth-order valence-electron chi connectivity index (χ4n) is 1.84. The lowest BCUT2D eigenvalue weighted by molar-refractivity contribution is 0.101. The van der Waals surface area contributed by atoms with Gasteiger partial charge in [0.15, 0.2) is 5.78 Å². The maximum atomic E-state index is 11.4. The molecule has 0 aliphatic rings. The smallest absolute Gasteiger partial charge is 0.163 e. The number of rotatable bonds is 2. The second-order valence-corrected chi connectivity index (χ2v) is 3.71. The number of hydrogen-bond donors (Lipinski definition) is 2. The number of nitrogen functional groups attached to an aromatic ring is 1. The zero-order valence-corrected chi connectivity index (χ0v) is 9.24. The first-order chi connectivity index (χ1) is 7.61. The molecule has 0 fully saturated rings. The maximum Gasteiger partial charge on any atom is 0.163 e. The minimum absolute atomic E-state index is 0.0265. The van der Waals surface area contributed by atoms with E-state index in [1.165, 1.54) is 6.92 Å². The topological polar surface area (TPSA) is 71.8 Å². The van der Waals surface area contributed by atoms with Gasteiger partial charge in [0, 0.05) is 23.7 Å². The Morgan fingerprint density at radius 3 is 2.75 bits per heavy atom. The summed E-state index contributed by atoms with van der Waals surface area (Å²) in [7, 11) is 0. The van der Waals surface area contributed by atoms with E-state index in [2.05, 4.69) is 9.97 Å². The summed E-state index contributed by atoms with van der Waals surface area (Å²) in [5, 5.41) is 0. The Labute approximate surface area is 93.5 Å². The Kier molecular flexibility index (Phi) is 2.48. The van der Waals surface area contributed by atoms with Gasteiger partial charge in [0.25, 0.3) is 0 Å². The van der Waals surface area contributed by atoms with Crippen LogP contribution in [0.1, 0.15) is 23.0 Å². The SMILES string of the molecule is CC(=O)c1c(C)[nH]c(-c2cccnc2)c1N. The van der Waals surface area contributed by atoms with Crippen molar-refractivity contribution in [3.05, 3.63) is 35.8 Å². The standard InChI is InChI=1S/C12H13N3O/c1-7-10(8(2)16)11(13)12(15-7)9-4-3-5-14-6-9/h3-6,15H,13H2,1-2H3. The molecular formula is C12H13N3O. The van der Waals surface area contributed by atoms with Crippen LogP contribution in [0.2, 0.25) is 0 Å². The highest BCUT2D eigenvalue weighted by atomic mass is 16.1. The summed E-state index contributed by atoms with van der Waals surface area (Å²) in [5.74, 6) is -0.0265. The predicted molar refractivity (Wildman–Crippen MR) is 63.2 cm³/mol. The van der Waals surface area contributed by atoms with Crippen molar-refractivity contribution < 1.29 is 4.79 Å². The Morgan fingerprint density at radius 2 is 2.25 bits per heavy atom. The number of aryl methyl sites for hydroxylation is 1. The number of ketones is 1. The molecule has 2 aromatic heterocycles. The molecule has 16 heavy (non-hydrogen) atoms. The molecule has 82 valence electrons. The normalized spacial score (nSPS) is 10.4. The monoisotopic (exact) mass is 215 g/mol. The second-order valence-electron chi connectivity index (χ2n) is 3.71. The summed E-state index contributed by atoms with van der Waals surface area (Å²) in [6, 6.07) is 3.73. The van der Waals surface area contributed by atoms with Crippen molar-refractivity contribution in [1.82, 2.24) is 9.97 Å². The third-order valence-corrected chi connectivity index (χ3v) is 2.53. The van der Waals surface area contributed by atoms with E-state index in [1.807, 2.05) is 19.1 Å². The van der Waals surface area contributed by atoms with Crippen LogP contribution in [0.5, 0.6) is 0 Å². The average Bonchev–Trinajstić information content (AvgIpc) is 2.55. The van der Waals surface area contributed by atoms with Crippen molar-refractivity contribution in [3.63, 3.8) is 0 Å². The molecule has 4 heteroatoms. The van der Waals surface area contributed by atoms with Gasteiger partial charge in [-0.3, -0.25) is 9.78 Å². The predicted octanol–water partition coefficient (Wildman–Crippen LogP) is 2.17. The van der Waals surface area contributed by atoms with Crippen LogP contribution in [0.15, 0.2) is 24.5 Å². The van der Waals surface area contributed by atoms with Crippen molar-refractivity contribution in [2.24, 2.45) is 0 Å². The van der Waals surface area contributed by atoms with Crippen molar-refractivity contribution in [3.8, 4) is 11.3 Å². The Morgan fingerprint density at radius 1 is 1.50 bits per heavy atom. The lowest BCUT2D eigenvalue weighted by Gasteiger charge is -1.99. The van der Waals surface area contributed by atoms with Gasteiger partial charge in [0.1, 0.15) is 0 Å². The number of nitrogens with two attached hydrogens (primary N) is 1. The first kappa shape index (κ1) is 10.4. The minimum atomic E-state index is -0.0265. The van der Waals surface area contributed by atoms with Gasteiger partial charge in [-0.15, -0.1) is 0 Å². The molecule has 2 rings (SSSR count). The molecule has 0 bridgehead atoms. The van der Waals surface area contributed by atoms with Crippen LogP contribution in [0.25, 0.3) is 11.3 Å². The molecule has 0 aliphatic heterocycles. The molecule has 0 radical (unpaired) electrons. The number of carbonyl (C=O) groups is 1. The van der Waals surface area contributed by atoms with Crippen molar-refractivity contribution in [1.29, 1.82) is 0 Å². The summed E-state index contributed by atoms with van der Waals surface area (Å²) in [4.78, 5) is 18.6. The number of carbonyl (C=O) groups excluding carboxylic acids is 1. The van der Waals surface area contributed by atoms with Crippen LogP contribution in [0.4, 0.5) is 5.69 Å². The van der Waals surface area contributed by atoms with Gasteiger partial charge in [0.2, 0.25) is 0 Å². The first-order valence-corrected chi connectivity index (χ1v) is 5.00. The molecule has 0 spiro atoms. The van der Waals surface area contributed by atoms with Gasteiger partial charge in [-0.05, 0) is 26.0 Å². The van der Waals surface area contributed by atoms with Crippen LogP contribution < -0.4 is 5.73 Å². The number of hydrogen-bond acceptors (Lipinski definition) is 3. The zero-order valence-electron chi connectivity index (χ0n) is 9.24. The number of pyridine rings is 1. The van der Waals surface area contributed by atoms with E-state index >= 15 is 0 Å². The summed E-state index contributed by atoms with van der Waals surface area (Å²) >= 11 is 0. The highest BCUT2D eigenvalue weighted by molar-refractivity contribution is 6.03. The number of H-pyrrole nitrogens is 1. The van der Waals surface area contributed by atoms with Crippen LogP contribution >= 0.6 is 0 Å².